The summed E-state index contributed by atoms with van der Waals surface area (Å²) in [5.74, 6) is -0.0478. The number of hydroxylamine groups is 4. The Hall–Kier alpha value is -1.64. The van der Waals surface area contributed by atoms with Gasteiger partial charge in [0.2, 0.25) is 0 Å². The van der Waals surface area contributed by atoms with Gasteiger partial charge >= 0.3 is 15.2 Å². The fourth-order valence-electron chi connectivity index (χ4n) is 3.83. The van der Waals surface area contributed by atoms with Gasteiger partial charge in [0.1, 0.15) is 5.01 Å². The molecule has 3 rings (SSSR count). The molecule has 0 bridgehead atoms. The lowest BCUT2D eigenvalue weighted by Gasteiger charge is -2.30. The van der Waals surface area contributed by atoms with E-state index >= 15 is 0 Å². The molecule has 3 aromatic rings. The summed E-state index contributed by atoms with van der Waals surface area (Å²) < 4.78 is 50.1. The van der Waals surface area contributed by atoms with Crippen molar-refractivity contribution in [2.45, 2.75) is 59.3 Å². The predicted molar refractivity (Wildman–Crippen MR) is 171 cm³/mol. The van der Waals surface area contributed by atoms with Gasteiger partial charge in [-0.1, -0.05) is 58.0 Å². The molecule has 0 spiro atoms. The molecule has 0 saturated heterocycles. The third kappa shape index (κ3) is 10.2. The number of ketones is 1. The minimum absolute atomic E-state index is 0.0478. The van der Waals surface area contributed by atoms with Crippen LogP contribution in [0.4, 0.5) is 0 Å². The summed E-state index contributed by atoms with van der Waals surface area (Å²) in [7, 11) is -8.45. The number of nitrogens with one attached hydrogen (secondary N) is 4. The zero-order valence-electron chi connectivity index (χ0n) is 25.1. The van der Waals surface area contributed by atoms with E-state index in [2.05, 4.69) is 21.9 Å². The van der Waals surface area contributed by atoms with E-state index in [0.29, 0.717) is 42.4 Å². The second kappa shape index (κ2) is 17.7. The molecular weight excluding hydrogens is 632 g/mol. The van der Waals surface area contributed by atoms with Crippen LogP contribution in [0.15, 0.2) is 42.5 Å². The molecule has 2 aromatic heterocycles. The first-order valence-corrected chi connectivity index (χ1v) is 19.0. The maximum Gasteiger partial charge on any atom is 0.378 e. The molecule has 43 heavy (non-hydrogen) atoms. The normalized spacial score (nSPS) is 12.3. The van der Waals surface area contributed by atoms with Crippen LogP contribution in [0.1, 0.15) is 59.2 Å². The molecule has 0 aliphatic heterocycles. The average molecular weight is 674 g/mol. The van der Waals surface area contributed by atoms with Crippen molar-refractivity contribution in [2.24, 2.45) is 0 Å². The minimum atomic E-state index is -4.23. The van der Waals surface area contributed by atoms with Gasteiger partial charge in [-0.25, -0.2) is 23.5 Å². The van der Waals surface area contributed by atoms with Crippen LogP contribution < -0.4 is 21.9 Å². The van der Waals surface area contributed by atoms with Crippen LogP contribution in [0.5, 0.6) is 0 Å². The number of rotatable bonds is 21. The molecule has 0 atom stereocenters. The highest BCUT2D eigenvalue weighted by Gasteiger charge is 2.53. The highest BCUT2D eigenvalue weighted by Crippen LogP contribution is 2.70. The van der Waals surface area contributed by atoms with Crippen molar-refractivity contribution in [2.75, 3.05) is 26.2 Å². The van der Waals surface area contributed by atoms with Crippen molar-refractivity contribution in [3.63, 3.8) is 0 Å². The average Bonchev–Trinajstić information content (AvgIpc) is 3.65. The molecule has 238 valence electrons. The zero-order chi connectivity index (χ0) is 31.3. The number of hydrogen-bond acceptors (Lipinski definition) is 14. The number of nitrogens with zero attached hydrogens (tertiary/aromatic N) is 1. The third-order valence-corrected chi connectivity index (χ3v) is 13.2. The van der Waals surface area contributed by atoms with E-state index in [9.17, 15) is 13.9 Å². The van der Waals surface area contributed by atoms with Gasteiger partial charge in [0.15, 0.2) is 11.2 Å². The van der Waals surface area contributed by atoms with Crippen LogP contribution in [0, 0.1) is 6.92 Å². The minimum Gasteiger partial charge on any atom is -0.293 e. The fourth-order valence-corrected chi connectivity index (χ4v) is 10.7. The quantitative estimate of drug-likeness (QED) is 0.0562. The molecule has 0 fully saturated rings. The number of thiazole rings is 1. The molecule has 2 heterocycles. The highest BCUT2D eigenvalue weighted by atomic mass is 32.1. The van der Waals surface area contributed by atoms with Crippen LogP contribution in [-0.4, -0.2) is 42.3 Å². The summed E-state index contributed by atoms with van der Waals surface area (Å²) in [6, 6.07) is 13.4. The Balaban J connectivity index is 1.82. The molecule has 0 unspecified atom stereocenters. The Morgan fingerprint density at radius 3 is 1.86 bits per heavy atom. The van der Waals surface area contributed by atoms with Crippen molar-refractivity contribution in [1.82, 2.24) is 26.9 Å². The fraction of sp³-hybridized carbons (Fsp3) is 0.481. The Labute approximate surface area is 261 Å². The summed E-state index contributed by atoms with van der Waals surface area (Å²) in [6.45, 7) is 10.3. The van der Waals surface area contributed by atoms with Crippen LogP contribution in [0.2, 0.25) is 0 Å². The van der Waals surface area contributed by atoms with Gasteiger partial charge in [-0.15, -0.1) is 22.7 Å². The number of Topliss-reactive ketones (excluding diaryl/α,β-unsaturated/α-hetero) is 1. The first kappa shape index (κ1) is 35.8. The van der Waals surface area contributed by atoms with Gasteiger partial charge in [-0.05, 0) is 25.5 Å². The van der Waals surface area contributed by atoms with Crippen LogP contribution in [0.25, 0.3) is 10.6 Å². The van der Waals surface area contributed by atoms with E-state index in [1.165, 1.54) is 11.3 Å². The SMILES string of the molecule is CCNOP(=O)(ONCC)C(Cc1ccc(C(=O)CCc2nc(-c3ccccc3)sc2C)s1)P(=O)(ONCC)ONCC. The predicted octanol–water partition coefficient (Wildman–Crippen LogP) is 6.41. The molecular formula is C27H41N5O7P2S2. The lowest BCUT2D eigenvalue weighted by atomic mass is 10.1. The second-order valence-corrected chi connectivity index (χ2v) is 16.1. The summed E-state index contributed by atoms with van der Waals surface area (Å²) >= 11 is 2.84. The van der Waals surface area contributed by atoms with E-state index in [1.54, 1.807) is 51.2 Å². The van der Waals surface area contributed by atoms with Gasteiger partial charge in [0, 0.05) is 54.3 Å². The maximum atomic E-state index is 14.1. The van der Waals surface area contributed by atoms with Crippen LogP contribution >= 0.6 is 37.9 Å². The van der Waals surface area contributed by atoms with Crippen molar-refractivity contribution in [1.29, 1.82) is 0 Å². The highest BCUT2D eigenvalue weighted by molar-refractivity contribution is 7.72. The van der Waals surface area contributed by atoms with Gasteiger partial charge in [-0.2, -0.15) is 21.9 Å². The van der Waals surface area contributed by atoms with E-state index in [4.69, 9.17) is 23.5 Å². The Morgan fingerprint density at radius 1 is 0.814 bits per heavy atom. The smallest absolute Gasteiger partial charge is 0.293 e. The molecule has 4 N–H and O–H groups in total. The van der Waals surface area contributed by atoms with E-state index < -0.39 is 20.6 Å². The summed E-state index contributed by atoms with van der Waals surface area (Å²) in [5.41, 5.74) is 12.2. The molecule has 12 nitrogen and oxygen atoms in total. The van der Waals surface area contributed by atoms with Crippen LogP contribution in [0.3, 0.4) is 0 Å². The van der Waals surface area contributed by atoms with Crippen LogP contribution in [-0.2, 0) is 40.5 Å². The first-order valence-electron chi connectivity index (χ1n) is 14.2. The van der Waals surface area contributed by atoms with E-state index in [0.717, 1.165) is 21.1 Å². The number of carbonyl (C=O) groups excluding carboxylic acids is 1. The molecule has 16 heteroatoms. The van der Waals surface area contributed by atoms with Crippen molar-refractivity contribution >= 4 is 43.6 Å². The number of aromatic nitrogens is 1. The lowest BCUT2D eigenvalue weighted by Crippen LogP contribution is -2.30. The standard InChI is InChI=1S/C27H41N5O7P2S2/c1-6-28-36-40(34,37-29-7-2)26(41(35,38-30-8-3)39-31-9-4)19-22-15-18-25(43-22)24(33)17-16-23-20(5)42-27(32-23)21-13-11-10-12-14-21/h10-15,18,26,28-31H,6-9,16-17,19H2,1-5H3. The molecule has 1 aromatic carbocycles. The van der Waals surface area contributed by atoms with E-state index in [-0.39, 0.29) is 18.6 Å². The second-order valence-electron chi connectivity index (χ2n) is 9.20. The monoisotopic (exact) mass is 673 g/mol. The van der Waals surface area contributed by atoms with Gasteiger partial charge in [-0.3, -0.25) is 13.9 Å². The Bertz CT molecular complexity index is 1330. The van der Waals surface area contributed by atoms with Crippen molar-refractivity contribution in [3.05, 3.63) is 62.8 Å². The first-order chi connectivity index (χ1) is 20.7. The lowest BCUT2D eigenvalue weighted by molar-refractivity contribution is 0.0855. The molecule has 0 amide bonds. The molecule has 0 saturated carbocycles. The summed E-state index contributed by atoms with van der Waals surface area (Å²) in [6.07, 6.45) is 0.708. The van der Waals surface area contributed by atoms with Gasteiger partial charge in [0.25, 0.3) is 0 Å². The number of thiophene rings is 1. The maximum absolute atomic E-state index is 14.1. The largest absolute Gasteiger partial charge is 0.378 e. The third-order valence-electron chi connectivity index (χ3n) is 5.90. The molecule has 0 radical (unpaired) electrons. The Morgan fingerprint density at radius 2 is 1.35 bits per heavy atom. The van der Waals surface area contributed by atoms with Gasteiger partial charge < -0.3 is 0 Å². The topological polar surface area (TPSA) is 149 Å². The number of carbonyl (C=O) groups is 1. The zero-order valence-corrected chi connectivity index (χ0v) is 28.5. The van der Waals surface area contributed by atoms with Gasteiger partial charge in [0.05, 0.1) is 10.6 Å². The number of benzene rings is 1. The van der Waals surface area contributed by atoms with E-state index in [1.807, 2.05) is 37.3 Å². The van der Waals surface area contributed by atoms with Crippen molar-refractivity contribution in [3.8, 4) is 10.6 Å². The Kier molecular flexibility index (Phi) is 14.8. The summed E-state index contributed by atoms with van der Waals surface area (Å²) in [4.78, 5) is 20.2. The molecule has 0 aliphatic carbocycles. The number of hydrogen-bond donors (Lipinski definition) is 4. The molecule has 0 aliphatic rings. The van der Waals surface area contributed by atoms with Crippen molar-refractivity contribution < 1.29 is 32.4 Å². The summed E-state index contributed by atoms with van der Waals surface area (Å²) in [5, 5.41) is -0.468. The number of aryl methyl sites for hydroxylation is 2.